The summed E-state index contributed by atoms with van der Waals surface area (Å²) in [6, 6.07) is 16.8. The minimum Gasteiger partial charge on any atom is -0.333 e. The monoisotopic (exact) mass is 361 g/mol. The largest absolute Gasteiger partial charge is 0.333 e. The summed E-state index contributed by atoms with van der Waals surface area (Å²) >= 11 is 1.79. The number of aryl methyl sites for hydroxylation is 1. The van der Waals surface area contributed by atoms with E-state index in [2.05, 4.69) is 41.5 Å². The number of nitrogens with zero attached hydrogens (tertiary/aromatic N) is 3. The van der Waals surface area contributed by atoms with E-state index in [1.807, 2.05) is 28.8 Å². The summed E-state index contributed by atoms with van der Waals surface area (Å²) in [6.07, 6.45) is 0.911. The second kappa shape index (κ2) is 6.02. The van der Waals surface area contributed by atoms with Crippen molar-refractivity contribution in [2.45, 2.75) is 23.6 Å². The van der Waals surface area contributed by atoms with Gasteiger partial charge < -0.3 is 4.90 Å². The van der Waals surface area contributed by atoms with Gasteiger partial charge in [-0.25, -0.2) is 0 Å². The van der Waals surface area contributed by atoms with E-state index in [-0.39, 0.29) is 5.91 Å². The fraction of sp³-hybridized carbons (Fsp3) is 0.238. The maximum Gasteiger partial charge on any atom is 0.275 e. The SMILES string of the molecule is Cn1nc(C(=O)N2CCc3ccccc3C2)c2c1-c1ccccc1SC2. The first-order valence-corrected chi connectivity index (χ1v) is 9.85. The number of aromatic nitrogens is 2. The van der Waals surface area contributed by atoms with Gasteiger partial charge in [-0.2, -0.15) is 5.10 Å². The molecule has 0 bridgehead atoms. The first-order valence-electron chi connectivity index (χ1n) is 8.86. The molecule has 5 heteroatoms. The Hall–Kier alpha value is -2.53. The maximum absolute atomic E-state index is 13.2. The number of carbonyl (C=O) groups excluding carboxylic acids is 1. The second-order valence-electron chi connectivity index (χ2n) is 6.83. The van der Waals surface area contributed by atoms with Crippen LogP contribution in [0.3, 0.4) is 0 Å². The molecule has 4 nitrogen and oxygen atoms in total. The number of rotatable bonds is 1. The molecule has 0 saturated carbocycles. The summed E-state index contributed by atoms with van der Waals surface area (Å²) in [5, 5.41) is 4.63. The standard InChI is InChI=1S/C21H19N3OS/c1-23-20-16-8-4-5-9-18(16)26-13-17(20)19(22-23)21(25)24-11-10-14-6-2-3-7-15(14)12-24/h2-9H,10-13H2,1H3. The van der Waals surface area contributed by atoms with E-state index in [0.717, 1.165) is 30.0 Å². The van der Waals surface area contributed by atoms with Gasteiger partial charge in [-0.15, -0.1) is 11.8 Å². The number of benzene rings is 2. The van der Waals surface area contributed by atoms with Crippen molar-refractivity contribution >= 4 is 17.7 Å². The van der Waals surface area contributed by atoms with Crippen molar-refractivity contribution in [2.75, 3.05) is 6.54 Å². The smallest absolute Gasteiger partial charge is 0.275 e. The van der Waals surface area contributed by atoms with Crippen LogP contribution in [0.4, 0.5) is 0 Å². The highest BCUT2D eigenvalue weighted by Gasteiger charge is 2.31. The van der Waals surface area contributed by atoms with Crippen LogP contribution in [0.5, 0.6) is 0 Å². The molecule has 130 valence electrons. The van der Waals surface area contributed by atoms with E-state index in [0.29, 0.717) is 12.2 Å². The van der Waals surface area contributed by atoms with Gasteiger partial charge in [0.25, 0.3) is 5.91 Å². The van der Waals surface area contributed by atoms with Gasteiger partial charge in [0.1, 0.15) is 0 Å². The van der Waals surface area contributed by atoms with Gasteiger partial charge in [0, 0.05) is 41.9 Å². The Kier molecular flexibility index (Phi) is 3.64. The van der Waals surface area contributed by atoms with Crippen LogP contribution in [0, 0.1) is 0 Å². The molecule has 0 fully saturated rings. The van der Waals surface area contributed by atoms with Crippen molar-refractivity contribution in [3.63, 3.8) is 0 Å². The Balaban J connectivity index is 1.52. The highest BCUT2D eigenvalue weighted by atomic mass is 32.2. The van der Waals surface area contributed by atoms with Crippen LogP contribution in [-0.2, 0) is 25.8 Å². The lowest BCUT2D eigenvalue weighted by Gasteiger charge is -2.28. The quantitative estimate of drug-likeness (QED) is 0.660. The van der Waals surface area contributed by atoms with E-state index in [4.69, 9.17) is 0 Å². The molecule has 0 unspecified atom stereocenters. The third-order valence-corrected chi connectivity index (χ3v) is 6.38. The highest BCUT2D eigenvalue weighted by Crippen LogP contribution is 2.42. The summed E-state index contributed by atoms with van der Waals surface area (Å²) in [6.45, 7) is 1.43. The molecule has 3 heterocycles. The molecule has 0 radical (unpaired) electrons. The van der Waals surface area contributed by atoms with Crippen molar-refractivity contribution in [1.29, 1.82) is 0 Å². The van der Waals surface area contributed by atoms with Crippen molar-refractivity contribution in [1.82, 2.24) is 14.7 Å². The zero-order chi connectivity index (χ0) is 17.7. The Morgan fingerprint density at radius 1 is 1.08 bits per heavy atom. The average molecular weight is 361 g/mol. The zero-order valence-electron chi connectivity index (χ0n) is 14.6. The number of hydrogen-bond donors (Lipinski definition) is 0. The van der Waals surface area contributed by atoms with Gasteiger partial charge in [0.15, 0.2) is 5.69 Å². The van der Waals surface area contributed by atoms with E-state index >= 15 is 0 Å². The Morgan fingerprint density at radius 3 is 2.73 bits per heavy atom. The van der Waals surface area contributed by atoms with Crippen LogP contribution in [0.15, 0.2) is 53.4 Å². The fourth-order valence-corrected chi connectivity index (χ4v) is 5.04. The molecule has 2 aliphatic heterocycles. The van der Waals surface area contributed by atoms with Gasteiger partial charge >= 0.3 is 0 Å². The van der Waals surface area contributed by atoms with Crippen molar-refractivity contribution in [2.24, 2.45) is 7.05 Å². The third kappa shape index (κ3) is 2.38. The summed E-state index contributed by atoms with van der Waals surface area (Å²) in [5.41, 5.74) is 6.54. The molecular weight excluding hydrogens is 342 g/mol. The van der Waals surface area contributed by atoms with Gasteiger partial charge in [0.05, 0.1) is 5.69 Å². The molecule has 1 amide bonds. The Labute approximate surface area is 156 Å². The molecule has 0 atom stereocenters. The molecule has 26 heavy (non-hydrogen) atoms. The van der Waals surface area contributed by atoms with Crippen molar-refractivity contribution in [3.05, 3.63) is 70.9 Å². The number of thioether (sulfide) groups is 1. The van der Waals surface area contributed by atoms with E-state index in [9.17, 15) is 4.79 Å². The number of hydrogen-bond acceptors (Lipinski definition) is 3. The molecule has 3 aromatic rings. The molecule has 0 spiro atoms. The third-order valence-electron chi connectivity index (χ3n) is 5.28. The normalized spacial score (nSPS) is 15.2. The molecule has 1 aromatic heterocycles. The molecule has 2 aromatic carbocycles. The zero-order valence-corrected chi connectivity index (χ0v) is 15.4. The van der Waals surface area contributed by atoms with Gasteiger partial charge in [0.2, 0.25) is 0 Å². The average Bonchev–Trinajstić information content (AvgIpc) is 3.04. The van der Waals surface area contributed by atoms with Crippen molar-refractivity contribution < 1.29 is 4.79 Å². The number of fused-ring (bicyclic) bond motifs is 4. The van der Waals surface area contributed by atoms with E-state index < -0.39 is 0 Å². The van der Waals surface area contributed by atoms with Gasteiger partial charge in [-0.05, 0) is 23.6 Å². The summed E-state index contributed by atoms with van der Waals surface area (Å²) in [5.74, 6) is 0.849. The van der Waals surface area contributed by atoms with Gasteiger partial charge in [-0.3, -0.25) is 9.48 Å². The van der Waals surface area contributed by atoms with Crippen LogP contribution < -0.4 is 0 Å². The van der Waals surface area contributed by atoms with E-state index in [1.54, 1.807) is 11.8 Å². The highest BCUT2D eigenvalue weighted by molar-refractivity contribution is 7.98. The molecular formula is C21H19N3OS. The Morgan fingerprint density at radius 2 is 1.85 bits per heavy atom. The van der Waals surface area contributed by atoms with Crippen LogP contribution >= 0.6 is 11.8 Å². The first-order chi connectivity index (χ1) is 12.7. The van der Waals surface area contributed by atoms with Crippen LogP contribution in [0.2, 0.25) is 0 Å². The topological polar surface area (TPSA) is 38.1 Å². The maximum atomic E-state index is 13.2. The minimum atomic E-state index is 0.0522. The molecule has 5 rings (SSSR count). The predicted molar refractivity (Wildman–Crippen MR) is 103 cm³/mol. The fourth-order valence-electron chi connectivity index (χ4n) is 3.97. The number of carbonyl (C=O) groups is 1. The van der Waals surface area contributed by atoms with Crippen molar-refractivity contribution in [3.8, 4) is 11.3 Å². The van der Waals surface area contributed by atoms with Crippen LogP contribution in [0.25, 0.3) is 11.3 Å². The Bertz CT molecular complexity index is 1020. The lowest BCUT2D eigenvalue weighted by Crippen LogP contribution is -2.36. The molecule has 0 aliphatic carbocycles. The summed E-state index contributed by atoms with van der Waals surface area (Å²) in [4.78, 5) is 16.4. The van der Waals surface area contributed by atoms with Crippen LogP contribution in [0.1, 0.15) is 27.2 Å². The van der Waals surface area contributed by atoms with E-state index in [1.165, 1.54) is 21.6 Å². The second-order valence-corrected chi connectivity index (χ2v) is 7.85. The number of amides is 1. The predicted octanol–water partition coefficient (Wildman–Crippen LogP) is 3.89. The summed E-state index contributed by atoms with van der Waals surface area (Å²) < 4.78 is 1.87. The minimum absolute atomic E-state index is 0.0522. The molecule has 2 aliphatic rings. The lowest BCUT2D eigenvalue weighted by molar-refractivity contribution is 0.0727. The van der Waals surface area contributed by atoms with Gasteiger partial charge in [-0.1, -0.05) is 42.5 Å². The molecule has 0 N–H and O–H groups in total. The van der Waals surface area contributed by atoms with Crippen LogP contribution in [-0.4, -0.2) is 27.1 Å². The first kappa shape index (κ1) is 15.7. The summed E-state index contributed by atoms with van der Waals surface area (Å²) in [7, 11) is 1.94. The lowest BCUT2D eigenvalue weighted by atomic mass is 9.99. The molecule has 0 saturated heterocycles.